The van der Waals surface area contributed by atoms with Crippen LogP contribution < -0.4 is 11.1 Å². The molecular formula is C15H16F2N2O2. The second kappa shape index (κ2) is 7.39. The number of rotatable bonds is 6. The highest BCUT2D eigenvalue weighted by atomic mass is 19.1. The number of benzene rings is 1. The number of carbonyl (C=O) groups excluding carboxylic acids is 2. The van der Waals surface area contributed by atoms with E-state index in [1.165, 1.54) is 6.07 Å². The monoisotopic (exact) mass is 294 g/mol. The third kappa shape index (κ3) is 4.88. The van der Waals surface area contributed by atoms with Gasteiger partial charge in [-0.2, -0.15) is 0 Å². The topological polar surface area (TPSA) is 72.2 Å². The fourth-order valence-electron chi connectivity index (χ4n) is 1.88. The Balaban J connectivity index is 2.69. The molecule has 0 bridgehead atoms. The predicted octanol–water partition coefficient (Wildman–Crippen LogP) is 1.45. The van der Waals surface area contributed by atoms with Gasteiger partial charge in [-0.25, -0.2) is 8.78 Å². The Morgan fingerprint density at radius 1 is 1.43 bits per heavy atom. The highest BCUT2D eigenvalue weighted by Crippen LogP contribution is 2.22. The molecule has 6 heteroatoms. The Bertz CT molecular complexity index is 582. The number of hydrogen-bond donors (Lipinski definition) is 2. The third-order valence-electron chi connectivity index (χ3n) is 2.99. The van der Waals surface area contributed by atoms with Crippen LogP contribution in [0.15, 0.2) is 18.2 Å². The molecule has 2 unspecified atom stereocenters. The molecule has 1 aromatic rings. The Morgan fingerprint density at radius 3 is 2.62 bits per heavy atom. The molecule has 0 fully saturated rings. The molecule has 0 radical (unpaired) electrons. The van der Waals surface area contributed by atoms with Crippen LogP contribution in [0.4, 0.5) is 8.78 Å². The van der Waals surface area contributed by atoms with Crippen LogP contribution in [0.25, 0.3) is 0 Å². The summed E-state index contributed by atoms with van der Waals surface area (Å²) >= 11 is 0. The van der Waals surface area contributed by atoms with E-state index >= 15 is 0 Å². The molecule has 0 aromatic heterocycles. The summed E-state index contributed by atoms with van der Waals surface area (Å²) in [5.74, 6) is -0.861. The molecule has 0 aliphatic carbocycles. The van der Waals surface area contributed by atoms with E-state index in [-0.39, 0.29) is 18.4 Å². The van der Waals surface area contributed by atoms with E-state index < -0.39 is 35.4 Å². The average molecular weight is 294 g/mol. The van der Waals surface area contributed by atoms with Crippen molar-refractivity contribution in [3.63, 3.8) is 0 Å². The summed E-state index contributed by atoms with van der Waals surface area (Å²) in [6.07, 6.45) is 4.99. The zero-order valence-electron chi connectivity index (χ0n) is 11.5. The molecular weight excluding hydrogens is 278 g/mol. The first-order valence-corrected chi connectivity index (χ1v) is 6.32. The van der Waals surface area contributed by atoms with Gasteiger partial charge in [0.15, 0.2) is 0 Å². The van der Waals surface area contributed by atoms with Gasteiger partial charge in [0.25, 0.3) is 0 Å². The van der Waals surface area contributed by atoms with Crippen LogP contribution >= 0.6 is 0 Å². The van der Waals surface area contributed by atoms with Crippen LogP contribution in [0, 0.1) is 24.0 Å². The number of nitrogens with one attached hydrogen (secondary N) is 1. The zero-order chi connectivity index (χ0) is 16.0. The van der Waals surface area contributed by atoms with E-state index in [0.717, 1.165) is 12.1 Å². The van der Waals surface area contributed by atoms with Crippen molar-refractivity contribution in [3.05, 3.63) is 35.4 Å². The van der Waals surface area contributed by atoms with Gasteiger partial charge in [-0.15, -0.1) is 12.3 Å². The van der Waals surface area contributed by atoms with Crippen molar-refractivity contribution >= 4 is 11.8 Å². The van der Waals surface area contributed by atoms with Crippen LogP contribution in [-0.4, -0.2) is 17.9 Å². The number of carbonyl (C=O) groups is 2. The minimum Gasteiger partial charge on any atom is -0.368 e. The number of halogens is 2. The maximum Gasteiger partial charge on any atom is 0.240 e. The van der Waals surface area contributed by atoms with Gasteiger partial charge in [0.05, 0.1) is 0 Å². The first kappa shape index (κ1) is 16.6. The molecule has 0 saturated heterocycles. The Labute approximate surface area is 121 Å². The summed E-state index contributed by atoms with van der Waals surface area (Å²) < 4.78 is 26.4. The fourth-order valence-corrected chi connectivity index (χ4v) is 1.88. The van der Waals surface area contributed by atoms with Gasteiger partial charge in [-0.1, -0.05) is 13.0 Å². The van der Waals surface area contributed by atoms with Gasteiger partial charge in [0, 0.05) is 18.9 Å². The molecule has 1 aromatic carbocycles. The maximum atomic E-state index is 13.6. The summed E-state index contributed by atoms with van der Waals surface area (Å²) in [5.41, 5.74) is 5.32. The predicted molar refractivity (Wildman–Crippen MR) is 74.0 cm³/mol. The normalized spacial score (nSPS) is 13.0. The highest BCUT2D eigenvalue weighted by Gasteiger charge is 2.20. The first-order chi connectivity index (χ1) is 9.85. The van der Waals surface area contributed by atoms with Crippen molar-refractivity contribution in [1.82, 2.24) is 5.32 Å². The Morgan fingerprint density at radius 2 is 2.10 bits per heavy atom. The first-order valence-electron chi connectivity index (χ1n) is 6.32. The lowest BCUT2D eigenvalue weighted by molar-refractivity contribution is -0.127. The molecule has 0 aliphatic rings. The molecule has 2 atom stereocenters. The molecule has 3 N–H and O–H groups in total. The lowest BCUT2D eigenvalue weighted by Crippen LogP contribution is -2.44. The molecule has 1 rings (SSSR count). The van der Waals surface area contributed by atoms with Crippen LogP contribution in [0.1, 0.15) is 31.2 Å². The summed E-state index contributed by atoms with van der Waals surface area (Å²) in [6, 6.07) is 2.22. The van der Waals surface area contributed by atoms with Crippen LogP contribution in [0.5, 0.6) is 0 Å². The molecule has 21 heavy (non-hydrogen) atoms. The molecule has 0 spiro atoms. The van der Waals surface area contributed by atoms with Gasteiger partial charge in [0.1, 0.15) is 17.7 Å². The maximum absolute atomic E-state index is 13.6. The summed E-state index contributed by atoms with van der Waals surface area (Å²) in [4.78, 5) is 22.9. The number of amides is 2. The zero-order valence-corrected chi connectivity index (χ0v) is 11.5. The molecule has 0 saturated carbocycles. The fraction of sp³-hybridized carbons (Fsp3) is 0.333. The van der Waals surface area contributed by atoms with Gasteiger partial charge in [-0.3, -0.25) is 9.59 Å². The summed E-state index contributed by atoms with van der Waals surface area (Å²) in [6.45, 7) is 1.62. The van der Waals surface area contributed by atoms with Crippen molar-refractivity contribution in [1.29, 1.82) is 0 Å². The van der Waals surface area contributed by atoms with Crippen molar-refractivity contribution in [2.75, 3.05) is 0 Å². The van der Waals surface area contributed by atoms with E-state index in [2.05, 4.69) is 11.2 Å². The minimum absolute atomic E-state index is 0.0135. The number of terminal acetylenes is 1. The molecule has 0 aliphatic heterocycles. The molecule has 2 amide bonds. The SMILES string of the molecule is C#CCC(NC(=O)CC(C)c1ccc(F)cc1F)C(N)=O. The van der Waals surface area contributed by atoms with Gasteiger partial charge in [-0.05, 0) is 17.5 Å². The Hall–Kier alpha value is -2.42. The summed E-state index contributed by atoms with van der Waals surface area (Å²) in [7, 11) is 0. The summed E-state index contributed by atoms with van der Waals surface area (Å²) in [5, 5.41) is 2.40. The number of primary amides is 1. The second-order valence-corrected chi connectivity index (χ2v) is 4.70. The largest absolute Gasteiger partial charge is 0.368 e. The van der Waals surface area contributed by atoms with E-state index in [4.69, 9.17) is 12.2 Å². The molecule has 0 heterocycles. The van der Waals surface area contributed by atoms with Crippen molar-refractivity contribution in [2.24, 2.45) is 5.73 Å². The van der Waals surface area contributed by atoms with E-state index in [9.17, 15) is 18.4 Å². The van der Waals surface area contributed by atoms with Crippen LogP contribution in [-0.2, 0) is 9.59 Å². The van der Waals surface area contributed by atoms with Gasteiger partial charge in [0.2, 0.25) is 11.8 Å². The van der Waals surface area contributed by atoms with Gasteiger partial charge < -0.3 is 11.1 Å². The second-order valence-electron chi connectivity index (χ2n) is 4.70. The average Bonchev–Trinajstić information content (AvgIpc) is 2.37. The number of hydrogen-bond acceptors (Lipinski definition) is 2. The minimum atomic E-state index is -0.951. The van der Waals surface area contributed by atoms with E-state index in [1.807, 2.05) is 0 Å². The standard InChI is InChI=1S/C15H16F2N2O2/c1-3-4-13(15(18)21)19-14(20)7-9(2)11-6-5-10(16)8-12(11)17/h1,5-6,8-9,13H,4,7H2,2H3,(H2,18,21)(H,19,20). The smallest absolute Gasteiger partial charge is 0.240 e. The van der Waals surface area contributed by atoms with Crippen LogP contribution in [0.2, 0.25) is 0 Å². The molecule has 112 valence electrons. The molecule has 4 nitrogen and oxygen atoms in total. The highest BCUT2D eigenvalue weighted by molar-refractivity contribution is 5.87. The Kier molecular flexibility index (Phi) is 5.85. The van der Waals surface area contributed by atoms with Crippen LogP contribution in [0.3, 0.4) is 0 Å². The lowest BCUT2D eigenvalue weighted by atomic mass is 9.96. The quantitative estimate of drug-likeness (QED) is 0.779. The van der Waals surface area contributed by atoms with E-state index in [1.54, 1.807) is 6.92 Å². The third-order valence-corrected chi connectivity index (χ3v) is 2.99. The van der Waals surface area contributed by atoms with Gasteiger partial charge >= 0.3 is 0 Å². The van der Waals surface area contributed by atoms with Crippen molar-refractivity contribution in [3.8, 4) is 12.3 Å². The lowest BCUT2D eigenvalue weighted by Gasteiger charge is -2.16. The van der Waals surface area contributed by atoms with Crippen molar-refractivity contribution in [2.45, 2.75) is 31.7 Å². The number of nitrogens with two attached hydrogens (primary N) is 1. The van der Waals surface area contributed by atoms with Crippen molar-refractivity contribution < 1.29 is 18.4 Å². The van der Waals surface area contributed by atoms with E-state index in [0.29, 0.717) is 0 Å².